The summed E-state index contributed by atoms with van der Waals surface area (Å²) in [5.41, 5.74) is -9.31. The van der Waals surface area contributed by atoms with Gasteiger partial charge in [-0.3, -0.25) is 19.3 Å². The van der Waals surface area contributed by atoms with E-state index in [4.69, 9.17) is 28.4 Å². The Labute approximate surface area is 463 Å². The lowest BCUT2D eigenvalue weighted by Gasteiger charge is -2.62. The third-order valence-corrected chi connectivity index (χ3v) is 20.9. The molecule has 78 heavy (non-hydrogen) atoms. The molecule has 22 atom stereocenters. The molecule has 7 aliphatic rings. The Kier molecular flexibility index (Phi) is 19.1. The van der Waals surface area contributed by atoms with Crippen molar-refractivity contribution in [3.8, 4) is 0 Å². The third-order valence-electron chi connectivity index (χ3n) is 20.9. The first-order valence-electron chi connectivity index (χ1n) is 29.1. The number of rotatable bonds is 12. The largest absolute Gasteiger partial charge is 0.459 e. The normalized spacial score (nSPS) is 47.7. The first-order valence-corrected chi connectivity index (χ1v) is 29.1. The summed E-state index contributed by atoms with van der Waals surface area (Å²) in [5.74, 6) is -3.51. The molecule has 0 aromatic carbocycles. The number of halogens is 1. The molecule has 1 amide bonds. The van der Waals surface area contributed by atoms with Crippen LogP contribution in [0, 0.1) is 34.0 Å². The van der Waals surface area contributed by atoms with Gasteiger partial charge in [0.05, 0.1) is 42.0 Å². The van der Waals surface area contributed by atoms with Crippen LogP contribution in [0.1, 0.15) is 153 Å². The van der Waals surface area contributed by atoms with Crippen LogP contribution in [0.3, 0.4) is 0 Å². The number of methoxy groups -OCH3 is 1. The van der Waals surface area contributed by atoms with Crippen molar-refractivity contribution in [3.63, 3.8) is 0 Å². The number of ether oxygens (including phenoxy) is 6. The molecule has 19 heteroatoms. The van der Waals surface area contributed by atoms with Gasteiger partial charge in [-0.05, 0) is 157 Å². The molecular weight excluding hydrogens is 1010 g/mol. The number of nitrogens with zero attached hydrogens (tertiary/aromatic N) is 2. The van der Waals surface area contributed by atoms with Crippen molar-refractivity contribution in [1.82, 2.24) is 15.1 Å². The number of hydrogen-bond donors (Lipinski definition) is 7. The molecule has 0 spiro atoms. The number of hydrogen-bond acceptors (Lipinski definition) is 17. The highest BCUT2D eigenvalue weighted by atomic mass is 19.1. The molecule has 3 unspecified atom stereocenters. The zero-order valence-electron chi connectivity index (χ0n) is 49.2. The standard InChI is InChI=1S/C59H98FN3O15/c1-15-44-57(11,71)48(67)35(4)63(27-17-25-61-52(70)58(72)24-21-39-40-19-18-37-29-38(64)20-23-54(37,8)59(40,60)43(65)31-55(39,58)9)26-16-22-53(6,7)45(78-51-47(66)41(62(12)13)28-33(2)74-51)30-42(34(3)50(69)77-44)76-46-32-56(10,73-14)49(68)36(5)75-46/h20,23,29,33-36,39-49,51,65-68,71-72H,15-19,21-22,24-28,30-32H2,1-14H3,(H,61,70)/t33-,34+,35+,36+,39?,40?,41-,42-,43-,44+,45+,46+,47?,48-,49+,51+,54-,55-,56-,57-,58-,59-/m0/s1. The maximum absolute atomic E-state index is 17.8. The number of cyclic esters (lactones) is 1. The van der Waals surface area contributed by atoms with Crippen LogP contribution < -0.4 is 5.32 Å². The topological polar surface area (TPSA) is 246 Å². The van der Waals surface area contributed by atoms with Gasteiger partial charge in [-0.1, -0.05) is 39.3 Å². The van der Waals surface area contributed by atoms with E-state index in [0.717, 1.165) is 0 Å². The van der Waals surface area contributed by atoms with Crippen molar-refractivity contribution in [2.75, 3.05) is 40.8 Å². The summed E-state index contributed by atoms with van der Waals surface area (Å²) in [6.07, 6.45) is -2.45. The van der Waals surface area contributed by atoms with Gasteiger partial charge >= 0.3 is 5.97 Å². The van der Waals surface area contributed by atoms with Gasteiger partial charge in [0.15, 0.2) is 24.0 Å². The fourth-order valence-electron chi connectivity index (χ4n) is 15.3. The minimum Gasteiger partial charge on any atom is -0.459 e. The van der Waals surface area contributed by atoms with Crippen LogP contribution in [0.4, 0.5) is 4.39 Å². The van der Waals surface area contributed by atoms with Crippen molar-refractivity contribution < 1.29 is 77.8 Å². The molecule has 0 radical (unpaired) electrons. The van der Waals surface area contributed by atoms with Crippen molar-refractivity contribution >= 4 is 17.7 Å². The maximum Gasteiger partial charge on any atom is 0.311 e. The van der Waals surface area contributed by atoms with Gasteiger partial charge in [-0.2, -0.15) is 0 Å². The second-order valence-corrected chi connectivity index (χ2v) is 26.5. The van der Waals surface area contributed by atoms with Crippen molar-refractivity contribution in [3.05, 3.63) is 23.8 Å². The first kappa shape index (κ1) is 63.1. The zero-order chi connectivity index (χ0) is 57.9. The van der Waals surface area contributed by atoms with Gasteiger partial charge in [-0.25, -0.2) is 4.39 Å². The summed E-state index contributed by atoms with van der Waals surface area (Å²) in [6.45, 7) is 20.7. The average Bonchev–Trinajstić information content (AvgIpc) is 3.89. The number of allylic oxidation sites excluding steroid dienone is 4. The summed E-state index contributed by atoms with van der Waals surface area (Å²) in [7, 11) is 5.32. The van der Waals surface area contributed by atoms with Gasteiger partial charge < -0.3 is 69.3 Å². The predicted octanol–water partition coefficient (Wildman–Crippen LogP) is 4.66. The molecule has 3 heterocycles. The second-order valence-electron chi connectivity index (χ2n) is 26.5. The van der Waals surface area contributed by atoms with Gasteiger partial charge in [0, 0.05) is 61.9 Å². The van der Waals surface area contributed by atoms with Crippen LogP contribution in [0.25, 0.3) is 0 Å². The van der Waals surface area contributed by atoms with Gasteiger partial charge in [0.2, 0.25) is 0 Å². The summed E-state index contributed by atoms with van der Waals surface area (Å²) in [6, 6.07) is -0.962. The van der Waals surface area contributed by atoms with Crippen molar-refractivity contribution in [2.45, 2.75) is 255 Å². The minimum atomic E-state index is -2.09. The number of esters is 1. The zero-order valence-corrected chi connectivity index (χ0v) is 49.2. The van der Waals surface area contributed by atoms with Crippen LogP contribution in [0.5, 0.6) is 0 Å². The van der Waals surface area contributed by atoms with Crippen LogP contribution in [-0.2, 0) is 42.8 Å². The van der Waals surface area contributed by atoms with E-state index in [1.54, 1.807) is 54.5 Å². The molecule has 3 aliphatic heterocycles. The molecule has 4 aliphatic carbocycles. The summed E-state index contributed by atoms with van der Waals surface area (Å²) in [5, 5.41) is 74.6. The van der Waals surface area contributed by atoms with Crippen LogP contribution in [0.2, 0.25) is 0 Å². The van der Waals surface area contributed by atoms with Crippen LogP contribution >= 0.6 is 0 Å². The maximum atomic E-state index is 17.8. The molecule has 0 bridgehead atoms. The lowest BCUT2D eigenvalue weighted by atomic mass is 9.45. The van der Waals surface area contributed by atoms with E-state index in [9.17, 15) is 45.0 Å². The lowest BCUT2D eigenvalue weighted by Crippen LogP contribution is -2.69. The van der Waals surface area contributed by atoms with E-state index < -0.39 is 136 Å². The first-order chi connectivity index (χ1) is 36.3. The smallest absolute Gasteiger partial charge is 0.311 e. The fraction of sp³-hybridized carbons (Fsp3) is 0.881. The average molecular weight is 1110 g/mol. The monoisotopic (exact) mass is 1110 g/mol. The lowest BCUT2D eigenvalue weighted by molar-refractivity contribution is -0.303. The number of ketones is 1. The molecule has 3 saturated carbocycles. The van der Waals surface area contributed by atoms with E-state index in [1.165, 1.54) is 26.2 Å². The molecule has 18 nitrogen and oxygen atoms in total. The molecule has 446 valence electrons. The minimum absolute atomic E-state index is 0.0961. The van der Waals surface area contributed by atoms with Gasteiger partial charge in [0.25, 0.3) is 5.91 Å². The molecule has 0 aromatic heterocycles. The van der Waals surface area contributed by atoms with Crippen LogP contribution in [-0.4, -0.2) is 201 Å². The predicted molar refractivity (Wildman–Crippen MR) is 288 cm³/mol. The SMILES string of the molecule is CC[C@H]1OC(=O)[C@H](C)[C@@H](O[C@@H]2C[C@](C)(OC)[C@H](O)[C@@H](C)O2)C[C@@H](O[C@H]2O[C@@H](C)C[C@H](N(C)C)C2O)C(C)(C)CCCN(CCCNC(=O)[C@@]2(O)CCC3C4CCC5=CC(=O)C=C[C@]5(C)[C@@]4(F)[C@@H](O)C[C@@]32C)[C@H](C)[C@H](O)[C@@]1(C)O. The Morgan fingerprint density at radius 1 is 0.923 bits per heavy atom. The number of carbonyl (C=O) groups excluding carboxylic acids is 3. The Bertz CT molecular complexity index is 2200. The number of carbonyl (C=O) groups is 3. The summed E-state index contributed by atoms with van der Waals surface area (Å²) >= 11 is 0. The number of likely N-dealkylation sites (N-methyl/N-ethyl adjacent to an activating group) is 1. The van der Waals surface area contributed by atoms with E-state index >= 15 is 4.39 Å². The van der Waals surface area contributed by atoms with Gasteiger partial charge in [0.1, 0.15) is 35.6 Å². The Balaban J connectivity index is 1.12. The highest BCUT2D eigenvalue weighted by molar-refractivity contribution is 6.01. The van der Waals surface area contributed by atoms with Crippen molar-refractivity contribution in [1.29, 1.82) is 0 Å². The van der Waals surface area contributed by atoms with E-state index in [0.29, 0.717) is 63.6 Å². The number of amides is 1. The summed E-state index contributed by atoms with van der Waals surface area (Å²) < 4.78 is 56.1. The second kappa shape index (κ2) is 23.6. The molecule has 3 saturated heterocycles. The van der Waals surface area contributed by atoms with Crippen LogP contribution in [0.15, 0.2) is 23.8 Å². The molecular formula is C59H98FN3O15. The summed E-state index contributed by atoms with van der Waals surface area (Å²) in [4.78, 5) is 45.3. The van der Waals surface area contributed by atoms with Crippen molar-refractivity contribution in [2.24, 2.45) is 34.0 Å². The van der Waals surface area contributed by atoms with E-state index in [2.05, 4.69) is 19.2 Å². The highest BCUT2D eigenvalue weighted by Crippen LogP contribution is 2.69. The fourth-order valence-corrected chi connectivity index (χ4v) is 15.3. The number of nitrogens with one attached hydrogen (secondary N) is 1. The molecule has 7 N–H and O–H groups in total. The highest BCUT2D eigenvalue weighted by Gasteiger charge is 2.74. The Hall–Kier alpha value is -2.50. The molecule has 0 aromatic rings. The van der Waals surface area contributed by atoms with Gasteiger partial charge in [-0.15, -0.1) is 0 Å². The Morgan fingerprint density at radius 3 is 2.27 bits per heavy atom. The third kappa shape index (κ3) is 11.5. The Morgan fingerprint density at radius 2 is 1.62 bits per heavy atom. The number of aliphatic hydroxyl groups excluding tert-OH is 4. The number of fused-ring (bicyclic) bond motifs is 5. The van der Waals surface area contributed by atoms with E-state index in [-0.39, 0.29) is 56.6 Å². The number of alkyl halides is 1. The molecule has 6 fully saturated rings. The number of aliphatic hydroxyl groups is 6. The quantitative estimate of drug-likeness (QED) is 0.104. The van der Waals surface area contributed by atoms with E-state index in [1.807, 2.05) is 30.8 Å². The molecule has 7 rings (SSSR count).